The number of amides is 2. The number of hydrogen-bond donors (Lipinski definition) is 3. The summed E-state index contributed by atoms with van der Waals surface area (Å²) in [6, 6.07) is 12.3. The van der Waals surface area contributed by atoms with E-state index in [0.717, 1.165) is 4.88 Å². The first kappa shape index (κ1) is 18.2. The van der Waals surface area contributed by atoms with E-state index in [2.05, 4.69) is 10.6 Å². The van der Waals surface area contributed by atoms with E-state index in [9.17, 15) is 14.7 Å². The first-order chi connectivity index (χ1) is 11.4. The summed E-state index contributed by atoms with van der Waals surface area (Å²) in [7, 11) is 0. The smallest absolute Gasteiger partial charge is 0.251 e. The SMILES string of the molecule is CC(CC(=O)NCC(C)(O)c1cccs1)NC(=O)c1ccccc1. The Bertz CT molecular complexity index is 669. The third-order valence-electron chi connectivity index (χ3n) is 3.59. The summed E-state index contributed by atoms with van der Waals surface area (Å²) in [6.07, 6.45) is 0.152. The minimum atomic E-state index is -1.10. The molecule has 2 aromatic rings. The maximum Gasteiger partial charge on any atom is 0.251 e. The Morgan fingerprint density at radius 2 is 1.92 bits per heavy atom. The van der Waals surface area contributed by atoms with Crippen LogP contribution in [0.5, 0.6) is 0 Å². The lowest BCUT2D eigenvalue weighted by atomic mass is 10.1. The largest absolute Gasteiger partial charge is 0.383 e. The average molecular weight is 346 g/mol. The van der Waals surface area contributed by atoms with Crippen molar-refractivity contribution >= 4 is 23.2 Å². The monoisotopic (exact) mass is 346 g/mol. The van der Waals surface area contributed by atoms with E-state index < -0.39 is 5.60 Å². The second kappa shape index (κ2) is 8.08. The highest BCUT2D eigenvalue weighted by Gasteiger charge is 2.25. The third kappa shape index (κ3) is 5.18. The summed E-state index contributed by atoms with van der Waals surface area (Å²) in [5, 5.41) is 17.8. The number of thiophene rings is 1. The fourth-order valence-corrected chi connectivity index (χ4v) is 3.03. The number of nitrogens with one attached hydrogen (secondary N) is 2. The normalized spacial score (nSPS) is 14.5. The van der Waals surface area contributed by atoms with Crippen molar-refractivity contribution in [3.05, 3.63) is 58.3 Å². The van der Waals surface area contributed by atoms with Crippen molar-refractivity contribution in [2.45, 2.75) is 31.9 Å². The second-order valence-corrected chi connectivity index (χ2v) is 6.92. The molecule has 0 aliphatic carbocycles. The van der Waals surface area contributed by atoms with Crippen molar-refractivity contribution in [3.63, 3.8) is 0 Å². The molecular formula is C18H22N2O3S. The molecule has 128 valence electrons. The van der Waals surface area contributed by atoms with Crippen LogP contribution < -0.4 is 10.6 Å². The van der Waals surface area contributed by atoms with Gasteiger partial charge in [0.2, 0.25) is 5.91 Å². The summed E-state index contributed by atoms with van der Waals surface area (Å²) in [4.78, 5) is 24.8. The molecular weight excluding hydrogens is 324 g/mol. The van der Waals surface area contributed by atoms with Crippen molar-refractivity contribution in [2.24, 2.45) is 0 Å². The predicted octanol–water partition coefficient (Wildman–Crippen LogP) is 2.28. The van der Waals surface area contributed by atoms with Crippen LogP contribution in [0.15, 0.2) is 47.8 Å². The van der Waals surface area contributed by atoms with Crippen LogP contribution in [0.2, 0.25) is 0 Å². The van der Waals surface area contributed by atoms with Gasteiger partial charge >= 0.3 is 0 Å². The zero-order valence-electron chi connectivity index (χ0n) is 13.8. The summed E-state index contributed by atoms with van der Waals surface area (Å²) < 4.78 is 0. The van der Waals surface area contributed by atoms with Crippen LogP contribution in [0.1, 0.15) is 35.5 Å². The maximum absolute atomic E-state index is 12.0. The highest BCUT2D eigenvalue weighted by Crippen LogP contribution is 2.24. The van der Waals surface area contributed by atoms with Crippen LogP contribution in [-0.2, 0) is 10.4 Å². The molecule has 0 aliphatic rings. The van der Waals surface area contributed by atoms with E-state index in [0.29, 0.717) is 5.56 Å². The van der Waals surface area contributed by atoms with Gasteiger partial charge in [-0.15, -0.1) is 11.3 Å². The number of aliphatic hydroxyl groups is 1. The number of carbonyl (C=O) groups is 2. The molecule has 2 rings (SSSR count). The Hall–Kier alpha value is -2.18. The summed E-state index contributed by atoms with van der Waals surface area (Å²) >= 11 is 1.44. The molecule has 0 radical (unpaired) electrons. The molecule has 1 heterocycles. The lowest BCUT2D eigenvalue weighted by Crippen LogP contribution is -2.41. The Labute approximate surface area is 145 Å². The van der Waals surface area contributed by atoms with Gasteiger partial charge in [-0.1, -0.05) is 24.3 Å². The Morgan fingerprint density at radius 3 is 2.54 bits per heavy atom. The van der Waals surface area contributed by atoms with Crippen molar-refractivity contribution in [1.82, 2.24) is 10.6 Å². The van der Waals surface area contributed by atoms with Gasteiger partial charge in [0.1, 0.15) is 5.60 Å². The maximum atomic E-state index is 12.0. The average Bonchev–Trinajstić information content (AvgIpc) is 3.09. The topological polar surface area (TPSA) is 78.4 Å². The van der Waals surface area contributed by atoms with E-state index in [1.807, 2.05) is 23.6 Å². The zero-order chi connectivity index (χ0) is 17.6. The third-order valence-corrected chi connectivity index (χ3v) is 4.71. The quantitative estimate of drug-likeness (QED) is 0.720. The second-order valence-electron chi connectivity index (χ2n) is 5.97. The molecule has 0 saturated heterocycles. The van der Waals surface area contributed by atoms with Crippen molar-refractivity contribution in [3.8, 4) is 0 Å². The van der Waals surface area contributed by atoms with Gasteiger partial charge in [0.05, 0.1) is 6.54 Å². The fraction of sp³-hybridized carbons (Fsp3) is 0.333. The number of rotatable bonds is 7. The first-order valence-electron chi connectivity index (χ1n) is 7.77. The number of hydrogen-bond acceptors (Lipinski definition) is 4. The van der Waals surface area contributed by atoms with Gasteiger partial charge in [-0.2, -0.15) is 0 Å². The standard InChI is InChI=1S/C18H22N2O3S/c1-13(20-17(22)14-7-4-3-5-8-14)11-16(21)19-12-18(2,23)15-9-6-10-24-15/h3-10,13,23H,11-12H2,1-2H3,(H,19,21)(H,20,22). The molecule has 0 saturated carbocycles. The molecule has 3 N–H and O–H groups in total. The lowest BCUT2D eigenvalue weighted by Gasteiger charge is -2.23. The van der Waals surface area contributed by atoms with Gasteiger partial charge in [0.25, 0.3) is 5.91 Å². The summed E-state index contributed by atoms with van der Waals surface area (Å²) in [5.41, 5.74) is -0.536. The molecule has 2 atom stereocenters. The lowest BCUT2D eigenvalue weighted by molar-refractivity contribution is -0.122. The molecule has 0 spiro atoms. The van der Waals surface area contributed by atoms with Gasteiger partial charge in [-0.05, 0) is 37.4 Å². The Balaban J connectivity index is 1.78. The Kier molecular flexibility index (Phi) is 6.11. The minimum Gasteiger partial charge on any atom is -0.383 e. The summed E-state index contributed by atoms with van der Waals surface area (Å²) in [6.45, 7) is 3.57. The molecule has 5 nitrogen and oxygen atoms in total. The highest BCUT2D eigenvalue weighted by molar-refractivity contribution is 7.10. The highest BCUT2D eigenvalue weighted by atomic mass is 32.1. The van der Waals surface area contributed by atoms with Crippen molar-refractivity contribution < 1.29 is 14.7 Å². The van der Waals surface area contributed by atoms with E-state index in [1.54, 1.807) is 38.1 Å². The van der Waals surface area contributed by atoms with E-state index >= 15 is 0 Å². The van der Waals surface area contributed by atoms with E-state index in [4.69, 9.17) is 0 Å². The number of carbonyl (C=O) groups excluding carboxylic acids is 2. The van der Waals surface area contributed by atoms with Gasteiger partial charge in [0, 0.05) is 22.9 Å². The number of benzene rings is 1. The van der Waals surface area contributed by atoms with E-state index in [1.165, 1.54) is 11.3 Å². The molecule has 2 unspecified atom stereocenters. The van der Waals surface area contributed by atoms with Crippen LogP contribution in [0.4, 0.5) is 0 Å². The zero-order valence-corrected chi connectivity index (χ0v) is 14.6. The van der Waals surface area contributed by atoms with Crippen LogP contribution in [0.3, 0.4) is 0 Å². The van der Waals surface area contributed by atoms with Crippen LogP contribution >= 0.6 is 11.3 Å². The van der Waals surface area contributed by atoms with Gasteiger partial charge in [-0.3, -0.25) is 9.59 Å². The van der Waals surface area contributed by atoms with Crippen LogP contribution in [0, 0.1) is 0 Å². The minimum absolute atomic E-state index is 0.131. The molecule has 2 amide bonds. The van der Waals surface area contributed by atoms with Crippen LogP contribution in [-0.4, -0.2) is 29.5 Å². The van der Waals surface area contributed by atoms with E-state index in [-0.39, 0.29) is 30.8 Å². The van der Waals surface area contributed by atoms with Gasteiger partial charge in [-0.25, -0.2) is 0 Å². The molecule has 0 fully saturated rings. The molecule has 0 aliphatic heterocycles. The van der Waals surface area contributed by atoms with Gasteiger partial charge < -0.3 is 15.7 Å². The Morgan fingerprint density at radius 1 is 1.21 bits per heavy atom. The van der Waals surface area contributed by atoms with Crippen LogP contribution in [0.25, 0.3) is 0 Å². The molecule has 1 aromatic carbocycles. The van der Waals surface area contributed by atoms with Crippen molar-refractivity contribution in [2.75, 3.05) is 6.54 Å². The molecule has 0 bridgehead atoms. The van der Waals surface area contributed by atoms with Crippen molar-refractivity contribution in [1.29, 1.82) is 0 Å². The first-order valence-corrected chi connectivity index (χ1v) is 8.65. The molecule has 1 aromatic heterocycles. The predicted molar refractivity (Wildman–Crippen MR) is 94.9 cm³/mol. The molecule has 24 heavy (non-hydrogen) atoms. The molecule has 6 heteroatoms. The summed E-state index contributed by atoms with van der Waals surface area (Å²) in [5.74, 6) is -0.422. The fourth-order valence-electron chi connectivity index (χ4n) is 2.24. The van der Waals surface area contributed by atoms with Gasteiger partial charge in [0.15, 0.2) is 0 Å².